The third-order valence-electron chi connectivity index (χ3n) is 4.62. The molecule has 0 radical (unpaired) electrons. The Hall–Kier alpha value is -2.68. The minimum absolute atomic E-state index is 0.0399. The molecule has 0 atom stereocenters. The number of alkyl halides is 1. The van der Waals surface area contributed by atoms with Crippen LogP contribution in [0.4, 0.5) is 10.5 Å². The maximum atomic E-state index is 12.2. The number of ether oxygens (including phenoxy) is 2. The van der Waals surface area contributed by atoms with Gasteiger partial charge in [0.05, 0.1) is 5.33 Å². The molecule has 166 valence electrons. The number of halogens is 1. The van der Waals surface area contributed by atoms with Gasteiger partial charge in [0, 0.05) is 49.6 Å². The molecule has 1 aliphatic rings. The van der Waals surface area contributed by atoms with Crippen molar-refractivity contribution in [2.24, 2.45) is 0 Å². The number of amides is 2. The maximum Gasteiger partial charge on any atom is 0.410 e. The van der Waals surface area contributed by atoms with Gasteiger partial charge in [0.15, 0.2) is 0 Å². The lowest BCUT2D eigenvalue weighted by molar-refractivity contribution is -0.113. The van der Waals surface area contributed by atoms with Gasteiger partial charge in [0.1, 0.15) is 11.7 Å². The van der Waals surface area contributed by atoms with Gasteiger partial charge in [-0.1, -0.05) is 28.1 Å². The van der Waals surface area contributed by atoms with Crippen molar-refractivity contribution < 1.29 is 19.1 Å². The van der Waals surface area contributed by atoms with Crippen LogP contribution in [0, 0.1) is 0 Å². The fraction of sp³-hybridized carbons (Fsp3) is 0.455. The lowest BCUT2D eigenvalue weighted by Gasteiger charge is -2.33. The lowest BCUT2D eigenvalue weighted by atomic mass is 10.1. The first-order chi connectivity index (χ1) is 14.7. The van der Waals surface area contributed by atoms with E-state index in [1.165, 1.54) is 0 Å². The van der Waals surface area contributed by atoms with Gasteiger partial charge in [0.2, 0.25) is 5.91 Å². The molecule has 1 aromatic carbocycles. The van der Waals surface area contributed by atoms with E-state index in [4.69, 9.17) is 9.47 Å². The number of carbonyl (C=O) groups is 2. The van der Waals surface area contributed by atoms with E-state index < -0.39 is 5.60 Å². The monoisotopic (exact) mass is 490 g/mol. The van der Waals surface area contributed by atoms with E-state index in [-0.39, 0.29) is 23.4 Å². The van der Waals surface area contributed by atoms with Crippen molar-refractivity contribution in [2.45, 2.75) is 45.3 Å². The quantitative estimate of drug-likeness (QED) is 0.629. The topological polar surface area (TPSA) is 93.6 Å². The average molecular weight is 491 g/mol. The number of hydrogen-bond acceptors (Lipinski definition) is 6. The van der Waals surface area contributed by atoms with Crippen molar-refractivity contribution in [3.63, 3.8) is 0 Å². The molecule has 0 aliphatic carbocycles. The van der Waals surface area contributed by atoms with Gasteiger partial charge in [-0.3, -0.25) is 4.79 Å². The summed E-state index contributed by atoms with van der Waals surface area (Å²) in [5, 5.41) is 3.03. The molecule has 2 heterocycles. The van der Waals surface area contributed by atoms with Gasteiger partial charge in [-0.15, -0.1) is 0 Å². The third kappa shape index (κ3) is 6.92. The Morgan fingerprint density at radius 3 is 2.26 bits per heavy atom. The van der Waals surface area contributed by atoms with E-state index in [1.54, 1.807) is 17.3 Å². The van der Waals surface area contributed by atoms with Crippen LogP contribution >= 0.6 is 15.9 Å². The summed E-state index contributed by atoms with van der Waals surface area (Å²) in [5.74, 6) is -0.102. The normalized spacial score (nSPS) is 14.8. The summed E-state index contributed by atoms with van der Waals surface area (Å²) in [6.07, 6.45) is 4.50. The molecule has 1 aromatic heterocycles. The van der Waals surface area contributed by atoms with Crippen molar-refractivity contribution in [2.75, 3.05) is 23.7 Å². The van der Waals surface area contributed by atoms with Crippen LogP contribution in [0.1, 0.15) is 33.6 Å². The van der Waals surface area contributed by atoms with Gasteiger partial charge in [-0.05, 0) is 38.5 Å². The van der Waals surface area contributed by atoms with Crippen LogP contribution in [0.15, 0.2) is 36.7 Å². The first-order valence-electron chi connectivity index (χ1n) is 10.2. The molecular weight excluding hydrogens is 464 g/mol. The number of aromatic nitrogens is 2. The van der Waals surface area contributed by atoms with Crippen LogP contribution in [0.3, 0.4) is 0 Å². The molecule has 0 spiro atoms. The number of carbonyl (C=O) groups excluding carboxylic acids is 2. The smallest absolute Gasteiger partial charge is 0.410 e. The Kier molecular flexibility index (Phi) is 7.48. The SMILES string of the molecule is CC(C)(C)OC(=O)N1CCC(Oc2ncc(-c3ccc(NC(=O)CBr)cc3)cn2)CC1. The Balaban J connectivity index is 1.51. The highest BCUT2D eigenvalue weighted by atomic mass is 79.9. The van der Waals surface area contributed by atoms with Crippen LogP contribution in [-0.4, -0.2) is 57.0 Å². The summed E-state index contributed by atoms with van der Waals surface area (Å²) in [4.78, 5) is 33.9. The van der Waals surface area contributed by atoms with Crippen molar-refractivity contribution >= 4 is 33.6 Å². The van der Waals surface area contributed by atoms with Crippen molar-refractivity contribution in [3.05, 3.63) is 36.7 Å². The number of nitrogens with zero attached hydrogens (tertiary/aromatic N) is 3. The molecule has 1 fully saturated rings. The van der Waals surface area contributed by atoms with Crippen molar-refractivity contribution in [1.29, 1.82) is 0 Å². The van der Waals surface area contributed by atoms with Crippen LogP contribution in [-0.2, 0) is 9.53 Å². The molecule has 3 rings (SSSR count). The van der Waals surface area contributed by atoms with E-state index in [9.17, 15) is 9.59 Å². The third-order valence-corrected chi connectivity index (χ3v) is 5.13. The Morgan fingerprint density at radius 1 is 1.10 bits per heavy atom. The largest absolute Gasteiger partial charge is 0.460 e. The van der Waals surface area contributed by atoms with Gasteiger partial charge in [0.25, 0.3) is 0 Å². The minimum Gasteiger partial charge on any atom is -0.460 e. The summed E-state index contributed by atoms with van der Waals surface area (Å²) >= 11 is 3.12. The van der Waals surface area contributed by atoms with Gasteiger partial charge in [-0.25, -0.2) is 14.8 Å². The summed E-state index contributed by atoms with van der Waals surface area (Å²) in [6.45, 7) is 6.74. The number of anilines is 1. The highest BCUT2D eigenvalue weighted by Crippen LogP contribution is 2.23. The lowest BCUT2D eigenvalue weighted by Crippen LogP contribution is -2.44. The summed E-state index contributed by atoms with van der Waals surface area (Å²) < 4.78 is 11.3. The zero-order valence-corrected chi connectivity index (χ0v) is 19.5. The van der Waals surface area contributed by atoms with Crippen LogP contribution in [0.5, 0.6) is 6.01 Å². The molecular formula is C22H27BrN4O4. The van der Waals surface area contributed by atoms with Gasteiger partial charge >= 0.3 is 12.1 Å². The molecule has 9 heteroatoms. The molecule has 0 unspecified atom stereocenters. The maximum absolute atomic E-state index is 12.2. The van der Waals surface area contributed by atoms with Crippen molar-refractivity contribution in [3.8, 4) is 17.1 Å². The predicted molar refractivity (Wildman–Crippen MR) is 121 cm³/mol. The number of nitrogens with one attached hydrogen (secondary N) is 1. The van der Waals surface area contributed by atoms with E-state index in [0.29, 0.717) is 31.9 Å². The van der Waals surface area contributed by atoms with Crippen LogP contribution < -0.4 is 10.1 Å². The molecule has 2 amide bonds. The van der Waals surface area contributed by atoms with E-state index >= 15 is 0 Å². The fourth-order valence-corrected chi connectivity index (χ4v) is 3.24. The van der Waals surface area contributed by atoms with E-state index in [2.05, 4.69) is 31.2 Å². The van der Waals surface area contributed by atoms with E-state index in [0.717, 1.165) is 16.8 Å². The second kappa shape index (κ2) is 10.1. The summed E-state index contributed by atoms with van der Waals surface area (Å²) in [7, 11) is 0. The highest BCUT2D eigenvalue weighted by Gasteiger charge is 2.28. The predicted octanol–water partition coefficient (Wildman–Crippen LogP) is 4.26. The summed E-state index contributed by atoms with van der Waals surface area (Å²) in [6, 6.07) is 7.78. The number of piperidine rings is 1. The highest BCUT2D eigenvalue weighted by molar-refractivity contribution is 9.09. The standard InChI is InChI=1S/C22H27BrN4O4/c1-22(2,3)31-21(29)27-10-8-18(9-11-27)30-20-24-13-16(14-25-20)15-4-6-17(7-5-15)26-19(28)12-23/h4-7,13-14,18H,8-12H2,1-3H3,(H,26,28). The van der Waals surface area contributed by atoms with Crippen LogP contribution in [0.25, 0.3) is 11.1 Å². The Labute approximate surface area is 190 Å². The van der Waals surface area contributed by atoms with Gasteiger partial charge < -0.3 is 19.7 Å². The fourth-order valence-electron chi connectivity index (χ4n) is 3.10. The molecule has 1 N–H and O–H groups in total. The minimum atomic E-state index is -0.498. The Bertz CT molecular complexity index is 889. The zero-order valence-electron chi connectivity index (χ0n) is 17.9. The molecule has 2 aromatic rings. The number of benzene rings is 1. The molecule has 0 saturated carbocycles. The van der Waals surface area contributed by atoms with Gasteiger partial charge in [-0.2, -0.15) is 0 Å². The molecule has 0 bridgehead atoms. The molecule has 8 nitrogen and oxygen atoms in total. The summed E-state index contributed by atoms with van der Waals surface area (Å²) in [5.41, 5.74) is 2.02. The Morgan fingerprint density at radius 2 is 1.71 bits per heavy atom. The van der Waals surface area contributed by atoms with Crippen molar-refractivity contribution in [1.82, 2.24) is 14.9 Å². The first-order valence-corrected chi connectivity index (χ1v) is 11.3. The zero-order chi connectivity index (χ0) is 22.4. The average Bonchev–Trinajstić information content (AvgIpc) is 2.74. The van der Waals surface area contributed by atoms with E-state index in [1.807, 2.05) is 45.0 Å². The first kappa shape index (κ1) is 23.0. The number of hydrogen-bond donors (Lipinski definition) is 1. The second-order valence-electron chi connectivity index (χ2n) is 8.30. The molecule has 31 heavy (non-hydrogen) atoms. The van der Waals surface area contributed by atoms with Crippen LogP contribution in [0.2, 0.25) is 0 Å². The molecule has 1 saturated heterocycles. The second-order valence-corrected chi connectivity index (χ2v) is 8.86. The molecule has 1 aliphatic heterocycles. The number of rotatable bonds is 5. The number of likely N-dealkylation sites (tertiary alicyclic amines) is 1.